The van der Waals surface area contributed by atoms with Crippen molar-refractivity contribution in [2.75, 3.05) is 31.1 Å². The van der Waals surface area contributed by atoms with Gasteiger partial charge in [-0.2, -0.15) is 5.10 Å². The number of rotatable bonds is 3. The van der Waals surface area contributed by atoms with E-state index in [0.29, 0.717) is 5.54 Å². The lowest BCUT2D eigenvalue weighted by Gasteiger charge is -2.45. The summed E-state index contributed by atoms with van der Waals surface area (Å²) in [7, 11) is 0. The fourth-order valence-electron chi connectivity index (χ4n) is 4.17. The van der Waals surface area contributed by atoms with Crippen LogP contribution < -0.4 is 4.90 Å². The summed E-state index contributed by atoms with van der Waals surface area (Å²) in [5.74, 6) is 2.07. The minimum Gasteiger partial charge on any atom is -0.355 e. The Bertz CT molecular complexity index is 486. The summed E-state index contributed by atoms with van der Waals surface area (Å²) in [6.45, 7) is 6.97. The quantitative estimate of drug-likeness (QED) is 0.855. The van der Waals surface area contributed by atoms with Gasteiger partial charge in [-0.3, -0.25) is 4.90 Å². The molecule has 0 atom stereocenters. The van der Waals surface area contributed by atoms with Gasteiger partial charge in [-0.05, 0) is 70.0 Å². The molecule has 0 unspecified atom stereocenters. The second kappa shape index (κ2) is 5.24. The standard InChI is InChI=1S/C17H26N4/c1-14-3-6-16(19-18-14)20-11-8-17(9-12-20)7-2-10-21(17)13-15-4-5-15/h3,6,15H,2,4-5,7-13H2,1H3. The summed E-state index contributed by atoms with van der Waals surface area (Å²) in [5.41, 5.74) is 1.51. The van der Waals surface area contributed by atoms with E-state index < -0.39 is 0 Å². The molecule has 1 aromatic rings. The molecule has 0 amide bonds. The maximum absolute atomic E-state index is 4.36. The van der Waals surface area contributed by atoms with Crippen LogP contribution in [0.25, 0.3) is 0 Å². The van der Waals surface area contributed by atoms with E-state index in [1.807, 2.05) is 6.92 Å². The number of nitrogens with zero attached hydrogens (tertiary/aromatic N) is 4. The zero-order chi connectivity index (χ0) is 14.3. The number of aryl methyl sites for hydroxylation is 1. The van der Waals surface area contributed by atoms with Gasteiger partial charge in [0.1, 0.15) is 0 Å². The van der Waals surface area contributed by atoms with E-state index in [1.165, 1.54) is 51.6 Å². The van der Waals surface area contributed by atoms with Crippen LogP contribution in [-0.4, -0.2) is 46.8 Å². The summed E-state index contributed by atoms with van der Waals surface area (Å²) < 4.78 is 0. The topological polar surface area (TPSA) is 32.3 Å². The van der Waals surface area contributed by atoms with Crippen molar-refractivity contribution in [3.8, 4) is 0 Å². The van der Waals surface area contributed by atoms with Gasteiger partial charge < -0.3 is 4.90 Å². The van der Waals surface area contributed by atoms with Gasteiger partial charge in [0, 0.05) is 25.2 Å². The molecule has 0 N–H and O–H groups in total. The van der Waals surface area contributed by atoms with E-state index in [0.717, 1.165) is 30.5 Å². The molecule has 114 valence electrons. The molecular formula is C17H26N4. The van der Waals surface area contributed by atoms with Crippen LogP contribution in [0.15, 0.2) is 12.1 Å². The maximum Gasteiger partial charge on any atom is 0.151 e. The Balaban J connectivity index is 1.42. The minimum atomic E-state index is 0.511. The molecule has 21 heavy (non-hydrogen) atoms. The minimum absolute atomic E-state index is 0.511. The highest BCUT2D eigenvalue weighted by Gasteiger charge is 2.44. The van der Waals surface area contributed by atoms with Crippen molar-refractivity contribution in [2.24, 2.45) is 5.92 Å². The van der Waals surface area contributed by atoms with Gasteiger partial charge in [0.05, 0.1) is 5.69 Å². The molecule has 1 aliphatic carbocycles. The number of piperidine rings is 1. The zero-order valence-corrected chi connectivity index (χ0v) is 13.1. The predicted molar refractivity (Wildman–Crippen MR) is 84.5 cm³/mol. The third kappa shape index (κ3) is 2.66. The average molecular weight is 286 g/mol. The lowest BCUT2D eigenvalue weighted by molar-refractivity contribution is 0.102. The summed E-state index contributed by atoms with van der Waals surface area (Å²) >= 11 is 0. The highest BCUT2D eigenvalue weighted by molar-refractivity contribution is 5.38. The summed E-state index contributed by atoms with van der Waals surface area (Å²) in [4.78, 5) is 5.26. The summed E-state index contributed by atoms with van der Waals surface area (Å²) in [6.07, 6.45) is 8.35. The first-order valence-corrected chi connectivity index (χ1v) is 8.56. The van der Waals surface area contributed by atoms with E-state index in [4.69, 9.17) is 0 Å². The zero-order valence-electron chi connectivity index (χ0n) is 13.1. The van der Waals surface area contributed by atoms with Gasteiger partial charge in [0.2, 0.25) is 0 Å². The third-order valence-electron chi connectivity index (χ3n) is 5.72. The van der Waals surface area contributed by atoms with E-state index >= 15 is 0 Å². The monoisotopic (exact) mass is 286 g/mol. The van der Waals surface area contributed by atoms with Gasteiger partial charge in [-0.1, -0.05) is 0 Å². The predicted octanol–water partition coefficient (Wildman–Crippen LogP) is 2.63. The van der Waals surface area contributed by atoms with Crippen LogP contribution in [0.2, 0.25) is 0 Å². The molecule has 2 saturated heterocycles. The van der Waals surface area contributed by atoms with Gasteiger partial charge in [0.25, 0.3) is 0 Å². The Morgan fingerprint density at radius 2 is 1.90 bits per heavy atom. The van der Waals surface area contributed by atoms with Crippen LogP contribution in [0.5, 0.6) is 0 Å². The molecule has 1 saturated carbocycles. The van der Waals surface area contributed by atoms with E-state index in [2.05, 4.69) is 32.1 Å². The van der Waals surface area contributed by atoms with Crippen molar-refractivity contribution < 1.29 is 0 Å². The van der Waals surface area contributed by atoms with Crippen molar-refractivity contribution in [2.45, 2.75) is 51.0 Å². The average Bonchev–Trinajstić information content (AvgIpc) is 3.24. The third-order valence-corrected chi connectivity index (χ3v) is 5.72. The van der Waals surface area contributed by atoms with Crippen molar-refractivity contribution in [3.05, 3.63) is 17.8 Å². The molecule has 3 aliphatic rings. The Hall–Kier alpha value is -1.16. The normalized spacial score (nSPS) is 25.7. The maximum atomic E-state index is 4.36. The van der Waals surface area contributed by atoms with E-state index in [-0.39, 0.29) is 0 Å². The molecule has 0 aromatic carbocycles. The number of anilines is 1. The molecule has 0 bridgehead atoms. The molecule has 3 fully saturated rings. The summed E-state index contributed by atoms with van der Waals surface area (Å²) in [5, 5.41) is 8.56. The van der Waals surface area contributed by atoms with Crippen molar-refractivity contribution in [1.82, 2.24) is 15.1 Å². The molecule has 4 rings (SSSR count). The lowest BCUT2D eigenvalue weighted by Crippen LogP contribution is -2.52. The fraction of sp³-hybridized carbons (Fsp3) is 0.765. The molecule has 1 spiro atoms. The molecular weight excluding hydrogens is 260 g/mol. The SMILES string of the molecule is Cc1ccc(N2CCC3(CCCN3CC3CC3)CC2)nn1. The van der Waals surface area contributed by atoms with Gasteiger partial charge in [-0.25, -0.2) is 0 Å². The second-order valence-corrected chi connectivity index (χ2v) is 7.24. The molecule has 4 nitrogen and oxygen atoms in total. The Labute approximate surface area is 127 Å². The molecule has 1 aromatic heterocycles. The first-order chi connectivity index (χ1) is 10.3. The first kappa shape index (κ1) is 13.5. The van der Waals surface area contributed by atoms with Crippen LogP contribution in [-0.2, 0) is 0 Å². The first-order valence-electron chi connectivity index (χ1n) is 8.56. The molecule has 4 heteroatoms. The fourth-order valence-corrected chi connectivity index (χ4v) is 4.17. The van der Waals surface area contributed by atoms with E-state index in [1.54, 1.807) is 0 Å². The number of hydrogen-bond donors (Lipinski definition) is 0. The van der Waals surface area contributed by atoms with E-state index in [9.17, 15) is 0 Å². The Kier molecular flexibility index (Phi) is 3.37. The van der Waals surface area contributed by atoms with Crippen molar-refractivity contribution in [3.63, 3.8) is 0 Å². The largest absolute Gasteiger partial charge is 0.355 e. The molecule has 0 radical (unpaired) electrons. The van der Waals surface area contributed by atoms with Crippen LogP contribution in [0.3, 0.4) is 0 Å². The lowest BCUT2D eigenvalue weighted by atomic mass is 9.84. The summed E-state index contributed by atoms with van der Waals surface area (Å²) in [6, 6.07) is 4.19. The molecule has 3 heterocycles. The van der Waals surface area contributed by atoms with Crippen LogP contribution in [0, 0.1) is 12.8 Å². The number of likely N-dealkylation sites (tertiary alicyclic amines) is 1. The van der Waals surface area contributed by atoms with Gasteiger partial charge >= 0.3 is 0 Å². The molecule has 2 aliphatic heterocycles. The Morgan fingerprint density at radius 1 is 1.10 bits per heavy atom. The van der Waals surface area contributed by atoms with Gasteiger partial charge in [-0.15, -0.1) is 5.10 Å². The smallest absolute Gasteiger partial charge is 0.151 e. The van der Waals surface area contributed by atoms with Crippen LogP contribution in [0.4, 0.5) is 5.82 Å². The number of hydrogen-bond acceptors (Lipinski definition) is 4. The highest BCUT2D eigenvalue weighted by Crippen LogP contribution is 2.42. The van der Waals surface area contributed by atoms with Gasteiger partial charge in [0.15, 0.2) is 5.82 Å². The van der Waals surface area contributed by atoms with Crippen LogP contribution >= 0.6 is 0 Å². The number of aromatic nitrogens is 2. The Morgan fingerprint density at radius 3 is 2.57 bits per heavy atom. The van der Waals surface area contributed by atoms with Crippen molar-refractivity contribution in [1.29, 1.82) is 0 Å². The highest BCUT2D eigenvalue weighted by atomic mass is 15.3. The van der Waals surface area contributed by atoms with Crippen LogP contribution in [0.1, 0.15) is 44.2 Å². The second-order valence-electron chi connectivity index (χ2n) is 7.24. The van der Waals surface area contributed by atoms with Crippen molar-refractivity contribution >= 4 is 5.82 Å².